The summed E-state index contributed by atoms with van der Waals surface area (Å²) in [4.78, 5) is 4.56. The maximum Gasteiger partial charge on any atom is 0.244 e. The Morgan fingerprint density at radius 1 is 0.900 bits per heavy atom. The molecule has 0 unspecified atom stereocenters. The lowest BCUT2D eigenvalue weighted by Crippen LogP contribution is -2.40. The van der Waals surface area contributed by atoms with Gasteiger partial charge in [-0.15, -0.1) is 0 Å². The number of nitrogens with zero attached hydrogens (tertiary/aromatic N) is 2. The molecule has 0 radical (unpaired) electrons. The van der Waals surface area contributed by atoms with Crippen LogP contribution in [0.15, 0.2) is 83.9 Å². The van der Waals surface area contributed by atoms with Gasteiger partial charge < -0.3 is 10.1 Å². The molecule has 156 valence electrons. The first-order valence-corrected chi connectivity index (χ1v) is 11.5. The third kappa shape index (κ3) is 4.70. The Morgan fingerprint density at radius 3 is 2.03 bits per heavy atom. The third-order valence-corrected chi connectivity index (χ3v) is 7.12. The second-order valence-corrected chi connectivity index (χ2v) is 9.09. The van der Waals surface area contributed by atoms with Crippen molar-refractivity contribution in [2.45, 2.75) is 10.8 Å². The summed E-state index contributed by atoms with van der Waals surface area (Å²) in [5, 5.41) is 3.36. The van der Waals surface area contributed by atoms with Crippen LogP contribution in [0.3, 0.4) is 0 Å². The summed E-state index contributed by atoms with van der Waals surface area (Å²) in [5.74, 6) is 0.804. The summed E-state index contributed by atoms with van der Waals surface area (Å²) in [6.45, 7) is 2.24. The molecule has 1 aliphatic heterocycles. The van der Waals surface area contributed by atoms with Crippen LogP contribution >= 0.6 is 0 Å². The summed E-state index contributed by atoms with van der Waals surface area (Å²) in [7, 11) is -3.53. The summed E-state index contributed by atoms with van der Waals surface area (Å²) in [6, 6.07) is 24.0. The van der Waals surface area contributed by atoms with Gasteiger partial charge in [0.05, 0.1) is 13.2 Å². The van der Waals surface area contributed by atoms with Crippen molar-refractivity contribution in [1.82, 2.24) is 9.29 Å². The normalized spacial score (nSPS) is 15.2. The van der Waals surface area contributed by atoms with Gasteiger partial charge in [0.15, 0.2) is 0 Å². The molecule has 0 aliphatic carbocycles. The lowest BCUT2D eigenvalue weighted by Gasteiger charge is -2.26. The number of hydrogen-bond donors (Lipinski definition) is 1. The Labute approximate surface area is 177 Å². The zero-order valence-electron chi connectivity index (χ0n) is 16.6. The number of aromatic nitrogens is 1. The van der Waals surface area contributed by atoms with E-state index in [9.17, 15) is 8.42 Å². The molecule has 0 amide bonds. The van der Waals surface area contributed by atoms with Crippen molar-refractivity contribution in [3.63, 3.8) is 0 Å². The molecule has 2 aromatic carbocycles. The molecule has 1 saturated heterocycles. The molecule has 0 saturated carbocycles. The van der Waals surface area contributed by atoms with Gasteiger partial charge in [-0.2, -0.15) is 4.31 Å². The number of sulfonamides is 1. The molecule has 0 bridgehead atoms. The average Bonchev–Trinajstić information content (AvgIpc) is 2.81. The Morgan fingerprint density at radius 2 is 1.50 bits per heavy atom. The van der Waals surface area contributed by atoms with Gasteiger partial charge in [0, 0.05) is 31.7 Å². The molecular weight excluding hydrogens is 398 g/mol. The number of rotatable bonds is 7. The van der Waals surface area contributed by atoms with Crippen LogP contribution < -0.4 is 5.32 Å². The first-order valence-electron chi connectivity index (χ1n) is 10.0. The van der Waals surface area contributed by atoms with Crippen molar-refractivity contribution in [3.8, 4) is 0 Å². The fourth-order valence-corrected chi connectivity index (χ4v) is 4.93. The van der Waals surface area contributed by atoms with E-state index < -0.39 is 10.0 Å². The number of benzene rings is 2. The van der Waals surface area contributed by atoms with Gasteiger partial charge in [-0.1, -0.05) is 60.7 Å². The van der Waals surface area contributed by atoms with Crippen LogP contribution in [0.5, 0.6) is 0 Å². The van der Waals surface area contributed by atoms with Gasteiger partial charge >= 0.3 is 0 Å². The highest BCUT2D eigenvalue weighted by Crippen LogP contribution is 2.25. The Balaban J connectivity index is 1.48. The van der Waals surface area contributed by atoms with Crippen LogP contribution in [0.2, 0.25) is 0 Å². The van der Waals surface area contributed by atoms with Gasteiger partial charge in [0.1, 0.15) is 10.7 Å². The van der Waals surface area contributed by atoms with Crippen molar-refractivity contribution in [1.29, 1.82) is 0 Å². The first kappa shape index (κ1) is 20.5. The van der Waals surface area contributed by atoms with Gasteiger partial charge in [0.2, 0.25) is 10.0 Å². The first-order chi connectivity index (χ1) is 14.6. The minimum atomic E-state index is -3.53. The van der Waals surface area contributed by atoms with E-state index in [2.05, 4.69) is 34.6 Å². The van der Waals surface area contributed by atoms with Crippen molar-refractivity contribution < 1.29 is 13.2 Å². The Bertz CT molecular complexity index is 997. The second kappa shape index (κ2) is 9.38. The smallest absolute Gasteiger partial charge is 0.244 e. The minimum absolute atomic E-state index is 0.158. The SMILES string of the molecule is O=S(=O)(c1ccc(NCC(c2ccccc2)c2ccccc2)nc1)N1CCOCC1. The predicted molar refractivity (Wildman–Crippen MR) is 117 cm³/mol. The van der Waals surface area contributed by atoms with Gasteiger partial charge in [-0.05, 0) is 23.3 Å². The number of ether oxygens (including phenoxy) is 1. The summed E-state index contributed by atoms with van der Waals surface area (Å²) in [6.07, 6.45) is 1.42. The van der Waals surface area contributed by atoms with Gasteiger partial charge in [-0.3, -0.25) is 0 Å². The third-order valence-electron chi connectivity index (χ3n) is 5.24. The Kier molecular flexibility index (Phi) is 6.42. The zero-order chi connectivity index (χ0) is 20.8. The van der Waals surface area contributed by atoms with Crippen LogP contribution in [0.4, 0.5) is 5.82 Å². The molecule has 6 nitrogen and oxygen atoms in total. The van der Waals surface area contributed by atoms with Crippen molar-refractivity contribution >= 4 is 15.8 Å². The standard InChI is InChI=1S/C23H25N3O3S/c27-30(28,26-13-15-29-16-14-26)21-11-12-23(24-17-21)25-18-22(19-7-3-1-4-8-19)20-9-5-2-6-10-20/h1-12,17,22H,13-16,18H2,(H,24,25). The quantitative estimate of drug-likeness (QED) is 0.631. The van der Waals surface area contributed by atoms with Crippen LogP contribution in [-0.2, 0) is 14.8 Å². The van der Waals surface area contributed by atoms with E-state index in [1.807, 2.05) is 36.4 Å². The van der Waals surface area contributed by atoms with Crippen LogP contribution in [-0.4, -0.2) is 50.6 Å². The fraction of sp³-hybridized carbons (Fsp3) is 0.261. The molecule has 30 heavy (non-hydrogen) atoms. The largest absolute Gasteiger partial charge is 0.379 e. The van der Waals surface area contributed by atoms with Crippen molar-refractivity contribution in [3.05, 3.63) is 90.1 Å². The summed E-state index contributed by atoms with van der Waals surface area (Å²) in [5.41, 5.74) is 2.42. The van der Waals surface area contributed by atoms with E-state index in [-0.39, 0.29) is 10.8 Å². The van der Waals surface area contributed by atoms with E-state index in [4.69, 9.17) is 4.74 Å². The van der Waals surface area contributed by atoms with Crippen LogP contribution in [0.1, 0.15) is 17.0 Å². The second-order valence-electron chi connectivity index (χ2n) is 7.15. The van der Waals surface area contributed by atoms with Crippen molar-refractivity contribution in [2.24, 2.45) is 0 Å². The summed E-state index contributed by atoms with van der Waals surface area (Å²) < 4.78 is 32.2. The van der Waals surface area contributed by atoms with Gasteiger partial charge in [-0.25, -0.2) is 13.4 Å². The highest BCUT2D eigenvalue weighted by atomic mass is 32.2. The highest BCUT2D eigenvalue weighted by Gasteiger charge is 2.26. The molecule has 0 spiro atoms. The van der Waals surface area contributed by atoms with E-state index in [0.29, 0.717) is 38.7 Å². The molecule has 1 N–H and O–H groups in total. The number of anilines is 1. The monoisotopic (exact) mass is 423 g/mol. The summed E-state index contributed by atoms with van der Waals surface area (Å²) >= 11 is 0. The molecule has 1 fully saturated rings. The van der Waals surface area contributed by atoms with Crippen LogP contribution in [0, 0.1) is 0 Å². The number of pyridine rings is 1. The van der Waals surface area contributed by atoms with E-state index in [1.54, 1.807) is 12.1 Å². The fourth-order valence-electron chi connectivity index (χ4n) is 3.58. The molecular formula is C23H25N3O3S. The molecule has 2 heterocycles. The average molecular weight is 424 g/mol. The molecule has 7 heteroatoms. The maximum atomic E-state index is 12.7. The topological polar surface area (TPSA) is 71.5 Å². The number of hydrogen-bond acceptors (Lipinski definition) is 5. The maximum absolute atomic E-state index is 12.7. The Hall–Kier alpha value is -2.74. The molecule has 0 atom stereocenters. The molecule has 1 aromatic heterocycles. The molecule has 4 rings (SSSR count). The van der Waals surface area contributed by atoms with Crippen LogP contribution in [0.25, 0.3) is 0 Å². The minimum Gasteiger partial charge on any atom is -0.379 e. The lowest BCUT2D eigenvalue weighted by atomic mass is 9.91. The van der Waals surface area contributed by atoms with Gasteiger partial charge in [0.25, 0.3) is 0 Å². The van der Waals surface area contributed by atoms with E-state index in [0.717, 1.165) is 0 Å². The zero-order valence-corrected chi connectivity index (χ0v) is 17.5. The van der Waals surface area contributed by atoms with E-state index in [1.165, 1.54) is 21.6 Å². The number of morpholine rings is 1. The molecule has 1 aliphatic rings. The lowest BCUT2D eigenvalue weighted by molar-refractivity contribution is 0.0730. The molecule has 3 aromatic rings. The predicted octanol–water partition coefficient (Wildman–Crippen LogP) is 3.35. The van der Waals surface area contributed by atoms with Crippen molar-refractivity contribution in [2.75, 3.05) is 38.2 Å². The highest BCUT2D eigenvalue weighted by molar-refractivity contribution is 7.89. The number of nitrogens with one attached hydrogen (secondary N) is 1. The van der Waals surface area contributed by atoms with E-state index >= 15 is 0 Å².